The molecule has 0 radical (unpaired) electrons. The fraction of sp³-hybridized carbons (Fsp3) is 0.350. The maximum atomic E-state index is 12.9. The van der Waals surface area contributed by atoms with Crippen LogP contribution in [-0.2, 0) is 11.0 Å². The maximum absolute atomic E-state index is 12.9. The molecule has 7 nitrogen and oxygen atoms in total. The fourth-order valence-corrected chi connectivity index (χ4v) is 2.01. The van der Waals surface area contributed by atoms with Crippen LogP contribution in [0.3, 0.4) is 0 Å². The molecule has 0 unspecified atom stereocenters. The Balaban J connectivity index is 0.00000212. The molecule has 0 spiro atoms. The summed E-state index contributed by atoms with van der Waals surface area (Å²) in [5.74, 6) is -1.43. The van der Waals surface area contributed by atoms with Crippen molar-refractivity contribution >= 4 is 17.3 Å². The number of nitro benzene ring substituents is 1. The number of nitro groups is 1. The van der Waals surface area contributed by atoms with E-state index in [0.29, 0.717) is 12.1 Å². The third-order valence-electron chi connectivity index (χ3n) is 3.29. The predicted molar refractivity (Wildman–Crippen MR) is 107 cm³/mol. The van der Waals surface area contributed by atoms with Gasteiger partial charge < -0.3 is 15.2 Å². The molecule has 0 aromatic heterocycles. The Bertz CT molecular complexity index is 842. The number of amides is 1. The Kier molecular flexibility index (Phi) is 11.8. The zero-order valence-electron chi connectivity index (χ0n) is 17.4. The van der Waals surface area contributed by atoms with Gasteiger partial charge in [-0.05, 0) is 36.4 Å². The van der Waals surface area contributed by atoms with Gasteiger partial charge >= 0.3 is 6.18 Å². The summed E-state index contributed by atoms with van der Waals surface area (Å²) in [5, 5.41) is 22.4. The van der Waals surface area contributed by atoms with Gasteiger partial charge in [0, 0.05) is 11.8 Å². The zero-order valence-corrected chi connectivity index (χ0v) is 17.4. The van der Waals surface area contributed by atoms with E-state index in [-0.39, 0.29) is 5.75 Å². The summed E-state index contributed by atoms with van der Waals surface area (Å²) in [6.45, 7) is 7.45. The predicted octanol–water partition coefficient (Wildman–Crippen LogP) is 5.18. The third kappa shape index (κ3) is 8.99. The average Bonchev–Trinajstić information content (AvgIpc) is 2.75. The first-order valence-electron chi connectivity index (χ1n) is 9.31. The number of halogens is 4. The molecule has 1 atom stereocenters. The van der Waals surface area contributed by atoms with Gasteiger partial charge in [0.15, 0.2) is 6.10 Å². The van der Waals surface area contributed by atoms with Gasteiger partial charge in [-0.25, -0.2) is 4.39 Å². The zero-order chi connectivity index (χ0) is 24.2. The van der Waals surface area contributed by atoms with Crippen molar-refractivity contribution in [2.75, 3.05) is 11.9 Å². The number of aliphatic hydroxyl groups is 1. The molecular formula is C20H24F4N2O5. The normalized spacial score (nSPS) is 11.1. The lowest BCUT2D eigenvalue weighted by Crippen LogP contribution is -2.33. The second-order valence-electron chi connectivity index (χ2n) is 5.26. The molecule has 172 valence electrons. The maximum Gasteiger partial charge on any atom is 0.423 e. The number of anilines is 1. The first kappa shape index (κ1) is 27.8. The molecule has 0 bridgehead atoms. The van der Waals surface area contributed by atoms with Gasteiger partial charge in [-0.2, -0.15) is 13.2 Å². The molecule has 0 aliphatic heterocycles. The monoisotopic (exact) mass is 448 g/mol. The van der Waals surface area contributed by atoms with E-state index in [9.17, 15) is 37.6 Å². The van der Waals surface area contributed by atoms with Crippen LogP contribution in [0.2, 0.25) is 0 Å². The van der Waals surface area contributed by atoms with Crippen molar-refractivity contribution in [3.05, 3.63) is 64.0 Å². The fourth-order valence-electron chi connectivity index (χ4n) is 2.01. The summed E-state index contributed by atoms with van der Waals surface area (Å²) in [4.78, 5) is 21.3. The van der Waals surface area contributed by atoms with E-state index in [1.54, 1.807) is 0 Å². The molecule has 0 fully saturated rings. The van der Waals surface area contributed by atoms with Crippen LogP contribution in [0.15, 0.2) is 42.5 Å². The van der Waals surface area contributed by atoms with Crippen LogP contribution in [0.25, 0.3) is 0 Å². The summed E-state index contributed by atoms with van der Waals surface area (Å²) in [7, 11) is 0. The van der Waals surface area contributed by atoms with Crippen LogP contribution in [0, 0.1) is 15.9 Å². The molecule has 0 aliphatic rings. The van der Waals surface area contributed by atoms with E-state index < -0.39 is 52.5 Å². The van der Waals surface area contributed by atoms with Crippen LogP contribution in [0.1, 0.15) is 33.3 Å². The van der Waals surface area contributed by atoms with Crippen molar-refractivity contribution in [3.63, 3.8) is 0 Å². The molecule has 2 rings (SSSR count). The number of ether oxygens (including phenoxy) is 1. The van der Waals surface area contributed by atoms with Crippen molar-refractivity contribution in [1.29, 1.82) is 0 Å². The van der Waals surface area contributed by atoms with E-state index in [1.165, 1.54) is 12.1 Å². The number of hydrogen-bond acceptors (Lipinski definition) is 5. The first-order valence-corrected chi connectivity index (χ1v) is 9.31. The quantitative estimate of drug-likeness (QED) is 0.360. The molecule has 2 aromatic rings. The van der Waals surface area contributed by atoms with Gasteiger partial charge in [-0.3, -0.25) is 14.9 Å². The number of nitrogens with one attached hydrogen (secondary N) is 1. The minimum absolute atomic E-state index is 0.165. The smallest absolute Gasteiger partial charge is 0.423 e. The highest BCUT2D eigenvalue weighted by molar-refractivity contribution is 5.94. The summed E-state index contributed by atoms with van der Waals surface area (Å²) < 4.78 is 56.5. The van der Waals surface area contributed by atoms with Crippen LogP contribution in [0.5, 0.6) is 5.75 Å². The Labute approximate surface area is 176 Å². The number of aliphatic hydroxyl groups excluding tert-OH is 1. The highest BCUT2D eigenvalue weighted by Gasteiger charge is 2.38. The number of rotatable bonds is 6. The van der Waals surface area contributed by atoms with Crippen LogP contribution < -0.4 is 10.1 Å². The Morgan fingerprint density at radius 1 is 1.13 bits per heavy atom. The lowest BCUT2D eigenvalue weighted by Gasteiger charge is -2.14. The van der Waals surface area contributed by atoms with E-state index in [2.05, 4.69) is 0 Å². The average molecular weight is 448 g/mol. The van der Waals surface area contributed by atoms with Gasteiger partial charge in [-0.1, -0.05) is 27.7 Å². The highest BCUT2D eigenvalue weighted by atomic mass is 19.4. The van der Waals surface area contributed by atoms with E-state index in [0.717, 1.165) is 18.2 Å². The molecule has 0 saturated heterocycles. The number of alkyl halides is 3. The van der Waals surface area contributed by atoms with Crippen LogP contribution >= 0.6 is 0 Å². The van der Waals surface area contributed by atoms with Crippen molar-refractivity contribution in [2.24, 2.45) is 0 Å². The molecule has 0 heterocycles. The lowest BCUT2D eigenvalue weighted by molar-refractivity contribution is -0.388. The van der Waals surface area contributed by atoms with Crippen molar-refractivity contribution in [3.8, 4) is 5.75 Å². The molecule has 0 aliphatic carbocycles. The van der Waals surface area contributed by atoms with Gasteiger partial charge in [-0.15, -0.1) is 0 Å². The van der Waals surface area contributed by atoms with E-state index >= 15 is 0 Å². The SMILES string of the molecule is CC.CC.O=C(Nc1ccc([N+](=O)[O-])c(C(F)(F)F)c1)[C@@H](O)COc1ccc(F)cc1. The molecule has 31 heavy (non-hydrogen) atoms. The number of hydrogen-bond donors (Lipinski definition) is 2. The van der Waals surface area contributed by atoms with Crippen LogP contribution in [-0.4, -0.2) is 28.6 Å². The van der Waals surface area contributed by atoms with Gasteiger partial charge in [0.05, 0.1) is 4.92 Å². The van der Waals surface area contributed by atoms with E-state index in [4.69, 9.17) is 4.74 Å². The molecule has 0 saturated carbocycles. The van der Waals surface area contributed by atoms with Crippen molar-refractivity contribution < 1.29 is 37.1 Å². The largest absolute Gasteiger partial charge is 0.490 e. The lowest BCUT2D eigenvalue weighted by atomic mass is 10.1. The minimum Gasteiger partial charge on any atom is -0.490 e. The summed E-state index contributed by atoms with van der Waals surface area (Å²) in [6.07, 6.45) is -6.76. The number of nitrogens with zero attached hydrogens (tertiary/aromatic N) is 1. The number of carbonyl (C=O) groups is 1. The third-order valence-corrected chi connectivity index (χ3v) is 3.29. The number of carbonyl (C=O) groups excluding carboxylic acids is 1. The molecular weight excluding hydrogens is 424 g/mol. The van der Waals surface area contributed by atoms with Crippen molar-refractivity contribution in [1.82, 2.24) is 0 Å². The molecule has 1 amide bonds. The Morgan fingerprint density at radius 2 is 1.68 bits per heavy atom. The standard InChI is InChI=1S/C16H12F4N2O5.2C2H6/c17-9-1-4-11(5-2-9)27-8-14(23)15(24)21-10-3-6-13(22(25)26)12(7-10)16(18,19)20;2*1-2/h1-7,14,23H,8H2,(H,21,24);2*1-2H3/t14-;;/m0../s1. The van der Waals surface area contributed by atoms with Gasteiger partial charge in [0.2, 0.25) is 0 Å². The van der Waals surface area contributed by atoms with E-state index in [1.807, 2.05) is 33.0 Å². The molecule has 2 aromatic carbocycles. The Hall–Kier alpha value is -3.21. The molecule has 11 heteroatoms. The van der Waals surface area contributed by atoms with Gasteiger partial charge in [0.1, 0.15) is 23.7 Å². The topological polar surface area (TPSA) is 102 Å². The highest BCUT2D eigenvalue weighted by Crippen LogP contribution is 2.37. The second-order valence-corrected chi connectivity index (χ2v) is 5.26. The number of benzene rings is 2. The minimum atomic E-state index is -5.01. The Morgan fingerprint density at radius 3 is 2.16 bits per heavy atom. The second kappa shape index (κ2) is 13.2. The molecule has 2 N–H and O–H groups in total. The van der Waals surface area contributed by atoms with Crippen LogP contribution in [0.4, 0.5) is 28.9 Å². The summed E-state index contributed by atoms with van der Waals surface area (Å²) >= 11 is 0. The summed E-state index contributed by atoms with van der Waals surface area (Å²) in [5.41, 5.74) is -3.10. The van der Waals surface area contributed by atoms with Gasteiger partial charge in [0.25, 0.3) is 11.6 Å². The first-order chi connectivity index (χ1) is 14.6. The summed E-state index contributed by atoms with van der Waals surface area (Å²) in [6, 6.07) is 6.59. The van der Waals surface area contributed by atoms with Crippen molar-refractivity contribution in [2.45, 2.75) is 40.0 Å².